The molecule has 0 amide bonds. The number of nitrogens with one attached hydrogen (secondary N) is 1. The Kier molecular flexibility index (Phi) is 4.65. The molecule has 98 valence electrons. The normalized spacial score (nSPS) is 10.4. The van der Waals surface area contributed by atoms with Crippen LogP contribution in [-0.4, -0.2) is 22.5 Å². The lowest BCUT2D eigenvalue weighted by atomic mass is 10.1. The van der Waals surface area contributed by atoms with Crippen LogP contribution >= 0.6 is 0 Å². The van der Waals surface area contributed by atoms with E-state index in [0.29, 0.717) is 18.2 Å². The van der Waals surface area contributed by atoms with Gasteiger partial charge in [0.05, 0.1) is 10.5 Å². The number of carboxylic acid groups (broad SMARTS) is 1. The summed E-state index contributed by atoms with van der Waals surface area (Å²) in [5.74, 6) is -0.672. The Morgan fingerprint density at radius 2 is 2.17 bits per heavy atom. The third-order valence-electron chi connectivity index (χ3n) is 2.48. The molecule has 0 aliphatic rings. The Morgan fingerprint density at radius 3 is 2.67 bits per heavy atom. The minimum Gasteiger partial charge on any atom is -0.478 e. The van der Waals surface area contributed by atoms with E-state index in [9.17, 15) is 14.9 Å². The van der Waals surface area contributed by atoms with Gasteiger partial charge in [-0.05, 0) is 18.4 Å². The van der Waals surface area contributed by atoms with Gasteiger partial charge in [0.2, 0.25) is 0 Å². The molecular formula is C12H16N2O4. The maximum Gasteiger partial charge on any atom is 0.338 e. The number of hydrogen-bond donors (Lipinski definition) is 2. The van der Waals surface area contributed by atoms with E-state index in [1.807, 2.05) is 0 Å². The van der Waals surface area contributed by atoms with Gasteiger partial charge < -0.3 is 10.4 Å². The van der Waals surface area contributed by atoms with Gasteiger partial charge >= 0.3 is 5.97 Å². The Labute approximate surface area is 105 Å². The first kappa shape index (κ1) is 14.0. The molecule has 0 saturated heterocycles. The number of carbonyl (C=O) groups is 1. The van der Waals surface area contributed by atoms with Crippen molar-refractivity contribution in [3.05, 3.63) is 33.9 Å². The van der Waals surface area contributed by atoms with Gasteiger partial charge in [0.1, 0.15) is 0 Å². The van der Waals surface area contributed by atoms with E-state index in [2.05, 4.69) is 19.2 Å². The summed E-state index contributed by atoms with van der Waals surface area (Å²) in [6, 6.07) is 3.80. The van der Waals surface area contributed by atoms with Gasteiger partial charge in [0.25, 0.3) is 5.69 Å². The van der Waals surface area contributed by atoms with Crippen molar-refractivity contribution in [1.82, 2.24) is 0 Å². The van der Waals surface area contributed by atoms with Crippen molar-refractivity contribution in [2.24, 2.45) is 5.92 Å². The third-order valence-corrected chi connectivity index (χ3v) is 2.48. The molecule has 0 aliphatic heterocycles. The number of rotatable bonds is 6. The highest BCUT2D eigenvalue weighted by atomic mass is 16.6. The number of nitro groups is 1. The zero-order chi connectivity index (χ0) is 13.7. The van der Waals surface area contributed by atoms with E-state index in [-0.39, 0.29) is 11.3 Å². The number of hydrogen-bond acceptors (Lipinski definition) is 4. The molecule has 0 radical (unpaired) electrons. The molecule has 0 aromatic heterocycles. The Hall–Kier alpha value is -2.11. The van der Waals surface area contributed by atoms with Crippen LogP contribution in [0.15, 0.2) is 18.2 Å². The highest BCUT2D eigenvalue weighted by molar-refractivity contribution is 5.95. The fraction of sp³-hybridized carbons (Fsp3) is 0.417. The van der Waals surface area contributed by atoms with Crippen LogP contribution < -0.4 is 5.32 Å². The molecule has 18 heavy (non-hydrogen) atoms. The van der Waals surface area contributed by atoms with Gasteiger partial charge in [0.15, 0.2) is 0 Å². The summed E-state index contributed by atoms with van der Waals surface area (Å²) >= 11 is 0. The first-order valence-electron chi connectivity index (χ1n) is 5.67. The van der Waals surface area contributed by atoms with Crippen LogP contribution in [0.25, 0.3) is 0 Å². The maximum absolute atomic E-state index is 11.0. The molecule has 0 atom stereocenters. The van der Waals surface area contributed by atoms with Crippen LogP contribution in [0.1, 0.15) is 30.6 Å². The smallest absolute Gasteiger partial charge is 0.338 e. The summed E-state index contributed by atoms with van der Waals surface area (Å²) in [4.78, 5) is 21.0. The highest BCUT2D eigenvalue weighted by Crippen LogP contribution is 2.22. The third kappa shape index (κ3) is 3.73. The number of carboxylic acids is 1. The quantitative estimate of drug-likeness (QED) is 0.599. The lowest BCUT2D eigenvalue weighted by molar-refractivity contribution is -0.384. The Balaban J connectivity index is 2.90. The molecule has 0 unspecified atom stereocenters. The molecule has 0 heterocycles. The summed E-state index contributed by atoms with van der Waals surface area (Å²) in [5, 5.41) is 22.6. The molecule has 0 bridgehead atoms. The zero-order valence-corrected chi connectivity index (χ0v) is 10.3. The zero-order valence-electron chi connectivity index (χ0n) is 10.3. The van der Waals surface area contributed by atoms with Gasteiger partial charge in [-0.3, -0.25) is 10.1 Å². The van der Waals surface area contributed by atoms with Crippen molar-refractivity contribution >= 4 is 17.3 Å². The van der Waals surface area contributed by atoms with Crippen molar-refractivity contribution in [3.63, 3.8) is 0 Å². The van der Waals surface area contributed by atoms with Gasteiger partial charge in [0, 0.05) is 24.4 Å². The van der Waals surface area contributed by atoms with Gasteiger partial charge in [-0.15, -0.1) is 0 Å². The van der Waals surface area contributed by atoms with E-state index in [4.69, 9.17) is 5.11 Å². The number of nitrogens with zero attached hydrogens (tertiary/aromatic N) is 1. The highest BCUT2D eigenvalue weighted by Gasteiger charge is 2.15. The molecule has 2 N–H and O–H groups in total. The molecule has 0 fully saturated rings. The summed E-state index contributed by atoms with van der Waals surface area (Å²) < 4.78 is 0. The van der Waals surface area contributed by atoms with E-state index in [1.54, 1.807) is 0 Å². The van der Waals surface area contributed by atoms with E-state index < -0.39 is 10.9 Å². The molecule has 0 spiro atoms. The molecule has 1 rings (SSSR count). The second-order valence-corrected chi connectivity index (χ2v) is 4.40. The standard InChI is InChI=1S/C12H16N2O4/c1-8(2)5-6-13-11-4-3-9(14(17)18)7-10(11)12(15)16/h3-4,7-8,13H,5-6H2,1-2H3,(H,15,16). The van der Waals surface area contributed by atoms with Gasteiger partial charge in [-0.25, -0.2) is 4.79 Å². The summed E-state index contributed by atoms with van der Waals surface area (Å²) in [6.45, 7) is 4.76. The maximum atomic E-state index is 11.0. The number of nitro benzene ring substituents is 1. The number of aromatic carboxylic acids is 1. The number of anilines is 1. The largest absolute Gasteiger partial charge is 0.478 e. The van der Waals surface area contributed by atoms with E-state index in [0.717, 1.165) is 12.5 Å². The fourth-order valence-electron chi connectivity index (χ4n) is 1.47. The van der Waals surface area contributed by atoms with E-state index in [1.165, 1.54) is 12.1 Å². The molecular weight excluding hydrogens is 236 g/mol. The average molecular weight is 252 g/mol. The molecule has 0 aliphatic carbocycles. The monoisotopic (exact) mass is 252 g/mol. The predicted octanol–water partition coefficient (Wildman–Crippen LogP) is 2.75. The van der Waals surface area contributed by atoms with Crippen molar-refractivity contribution < 1.29 is 14.8 Å². The van der Waals surface area contributed by atoms with Crippen LogP contribution in [0.4, 0.5) is 11.4 Å². The minimum atomic E-state index is -1.18. The molecule has 6 heteroatoms. The SMILES string of the molecule is CC(C)CCNc1ccc([N+](=O)[O-])cc1C(=O)O. The average Bonchev–Trinajstić information content (AvgIpc) is 2.28. The summed E-state index contributed by atoms with van der Waals surface area (Å²) in [7, 11) is 0. The predicted molar refractivity (Wildman–Crippen MR) is 68.0 cm³/mol. The van der Waals surface area contributed by atoms with Crippen molar-refractivity contribution in [2.75, 3.05) is 11.9 Å². The Morgan fingerprint density at radius 1 is 1.50 bits per heavy atom. The molecule has 1 aromatic carbocycles. The topological polar surface area (TPSA) is 92.5 Å². The first-order chi connectivity index (χ1) is 8.41. The van der Waals surface area contributed by atoms with Crippen LogP contribution in [0.2, 0.25) is 0 Å². The van der Waals surface area contributed by atoms with Crippen molar-refractivity contribution in [2.45, 2.75) is 20.3 Å². The van der Waals surface area contributed by atoms with Crippen molar-refractivity contribution in [1.29, 1.82) is 0 Å². The van der Waals surface area contributed by atoms with Gasteiger partial charge in [-0.2, -0.15) is 0 Å². The van der Waals surface area contributed by atoms with Crippen LogP contribution in [0.3, 0.4) is 0 Å². The minimum absolute atomic E-state index is 0.0760. The summed E-state index contributed by atoms with van der Waals surface area (Å²) in [6.07, 6.45) is 0.899. The number of benzene rings is 1. The Bertz CT molecular complexity index is 457. The lowest BCUT2D eigenvalue weighted by Gasteiger charge is -2.10. The second kappa shape index (κ2) is 6.00. The summed E-state index contributed by atoms with van der Waals surface area (Å²) in [5.41, 5.74) is 0.114. The first-order valence-corrected chi connectivity index (χ1v) is 5.67. The lowest BCUT2D eigenvalue weighted by Crippen LogP contribution is -2.09. The van der Waals surface area contributed by atoms with E-state index >= 15 is 0 Å². The molecule has 6 nitrogen and oxygen atoms in total. The van der Waals surface area contributed by atoms with Crippen molar-refractivity contribution in [3.8, 4) is 0 Å². The van der Waals surface area contributed by atoms with Gasteiger partial charge in [-0.1, -0.05) is 13.8 Å². The second-order valence-electron chi connectivity index (χ2n) is 4.40. The molecule has 1 aromatic rings. The van der Waals surface area contributed by atoms with Crippen LogP contribution in [-0.2, 0) is 0 Å². The van der Waals surface area contributed by atoms with Crippen LogP contribution in [0, 0.1) is 16.0 Å². The number of non-ortho nitro benzene ring substituents is 1. The fourth-order valence-corrected chi connectivity index (χ4v) is 1.47. The molecule has 0 saturated carbocycles. The van der Waals surface area contributed by atoms with Crippen LogP contribution in [0.5, 0.6) is 0 Å².